The van der Waals surface area contributed by atoms with E-state index < -0.39 is 0 Å². The lowest BCUT2D eigenvalue weighted by molar-refractivity contribution is -0.125. The van der Waals surface area contributed by atoms with Crippen LogP contribution in [0.3, 0.4) is 0 Å². The van der Waals surface area contributed by atoms with Crippen LogP contribution in [-0.4, -0.2) is 35.5 Å². The van der Waals surface area contributed by atoms with Crippen LogP contribution in [0, 0.1) is 0 Å². The van der Waals surface area contributed by atoms with E-state index in [1.807, 2.05) is 44.2 Å². The number of nitrogens with zero attached hydrogens (tertiary/aromatic N) is 1. The van der Waals surface area contributed by atoms with Crippen molar-refractivity contribution in [3.05, 3.63) is 30.3 Å². The van der Waals surface area contributed by atoms with Gasteiger partial charge in [-0.25, -0.2) is 4.79 Å². The molecule has 1 fully saturated rings. The Morgan fingerprint density at radius 2 is 1.95 bits per heavy atom. The van der Waals surface area contributed by atoms with Gasteiger partial charge in [-0.1, -0.05) is 18.2 Å². The monoisotopic (exact) mass is 275 g/mol. The van der Waals surface area contributed by atoms with Crippen molar-refractivity contribution in [3.63, 3.8) is 0 Å². The van der Waals surface area contributed by atoms with Crippen LogP contribution in [-0.2, 0) is 4.79 Å². The highest BCUT2D eigenvalue weighted by Gasteiger charge is 2.34. The SMILES string of the molecule is CC(C)NC(=O)C1CCCN1C(=O)Nc1ccccc1. The van der Waals surface area contributed by atoms with Crippen LogP contribution in [0.5, 0.6) is 0 Å². The van der Waals surface area contributed by atoms with Gasteiger partial charge in [-0.15, -0.1) is 0 Å². The predicted octanol–water partition coefficient (Wildman–Crippen LogP) is 2.21. The zero-order chi connectivity index (χ0) is 14.5. The van der Waals surface area contributed by atoms with Crippen molar-refractivity contribution in [1.29, 1.82) is 0 Å². The number of urea groups is 1. The second kappa shape index (κ2) is 6.41. The van der Waals surface area contributed by atoms with E-state index in [0.29, 0.717) is 6.54 Å². The number of benzene rings is 1. The number of hydrogen-bond donors (Lipinski definition) is 2. The lowest BCUT2D eigenvalue weighted by atomic mass is 10.2. The average Bonchev–Trinajstić information content (AvgIpc) is 2.88. The Balaban J connectivity index is 1.99. The molecule has 5 nitrogen and oxygen atoms in total. The summed E-state index contributed by atoms with van der Waals surface area (Å²) in [6.07, 6.45) is 1.58. The van der Waals surface area contributed by atoms with Crippen LogP contribution in [0.4, 0.5) is 10.5 Å². The van der Waals surface area contributed by atoms with E-state index in [0.717, 1.165) is 18.5 Å². The molecule has 1 saturated heterocycles. The Morgan fingerprint density at radius 1 is 1.25 bits per heavy atom. The number of nitrogens with one attached hydrogen (secondary N) is 2. The Hall–Kier alpha value is -2.04. The number of amides is 3. The summed E-state index contributed by atoms with van der Waals surface area (Å²) in [7, 11) is 0. The van der Waals surface area contributed by atoms with Crippen LogP contribution in [0.2, 0.25) is 0 Å². The number of likely N-dealkylation sites (tertiary alicyclic amines) is 1. The van der Waals surface area contributed by atoms with Gasteiger partial charge in [0, 0.05) is 18.3 Å². The zero-order valence-corrected chi connectivity index (χ0v) is 11.9. The molecule has 0 saturated carbocycles. The fourth-order valence-electron chi connectivity index (χ4n) is 2.38. The lowest BCUT2D eigenvalue weighted by Gasteiger charge is -2.25. The summed E-state index contributed by atoms with van der Waals surface area (Å²) in [6.45, 7) is 4.46. The molecular formula is C15H21N3O2. The molecule has 0 spiro atoms. The second-order valence-electron chi connectivity index (χ2n) is 5.31. The fraction of sp³-hybridized carbons (Fsp3) is 0.467. The van der Waals surface area contributed by atoms with Gasteiger partial charge in [0.15, 0.2) is 0 Å². The molecule has 1 unspecified atom stereocenters. The van der Waals surface area contributed by atoms with Crippen molar-refractivity contribution in [2.75, 3.05) is 11.9 Å². The normalized spacial score (nSPS) is 18.1. The third kappa shape index (κ3) is 3.50. The Bertz CT molecular complexity index is 473. The summed E-state index contributed by atoms with van der Waals surface area (Å²) < 4.78 is 0. The molecule has 0 bridgehead atoms. The van der Waals surface area contributed by atoms with E-state index in [2.05, 4.69) is 10.6 Å². The molecule has 0 aromatic heterocycles. The van der Waals surface area contributed by atoms with Crippen molar-refractivity contribution in [2.45, 2.75) is 38.8 Å². The topological polar surface area (TPSA) is 61.4 Å². The molecule has 1 heterocycles. The van der Waals surface area contributed by atoms with E-state index in [4.69, 9.17) is 0 Å². The minimum absolute atomic E-state index is 0.0688. The number of para-hydroxylation sites is 1. The first-order valence-electron chi connectivity index (χ1n) is 7.01. The number of anilines is 1. The first-order valence-corrected chi connectivity index (χ1v) is 7.01. The van der Waals surface area contributed by atoms with Gasteiger partial charge in [-0.05, 0) is 38.8 Å². The summed E-state index contributed by atoms with van der Waals surface area (Å²) in [5, 5.41) is 5.70. The van der Waals surface area contributed by atoms with Gasteiger partial charge in [-0.2, -0.15) is 0 Å². The summed E-state index contributed by atoms with van der Waals surface area (Å²) in [4.78, 5) is 26.0. The lowest BCUT2D eigenvalue weighted by Crippen LogP contribution is -2.48. The van der Waals surface area contributed by atoms with E-state index in [-0.39, 0.29) is 24.0 Å². The third-order valence-corrected chi connectivity index (χ3v) is 3.27. The van der Waals surface area contributed by atoms with Gasteiger partial charge >= 0.3 is 6.03 Å². The molecule has 1 aliphatic rings. The molecule has 108 valence electrons. The van der Waals surface area contributed by atoms with Gasteiger partial charge in [0.2, 0.25) is 5.91 Å². The van der Waals surface area contributed by atoms with Crippen molar-refractivity contribution in [2.24, 2.45) is 0 Å². The van der Waals surface area contributed by atoms with Crippen LogP contribution in [0.15, 0.2) is 30.3 Å². The fourth-order valence-corrected chi connectivity index (χ4v) is 2.38. The molecule has 1 aromatic carbocycles. The number of carbonyl (C=O) groups is 2. The quantitative estimate of drug-likeness (QED) is 0.888. The molecule has 2 N–H and O–H groups in total. The van der Waals surface area contributed by atoms with Crippen molar-refractivity contribution in [3.8, 4) is 0 Å². The molecule has 5 heteroatoms. The molecule has 1 aromatic rings. The third-order valence-electron chi connectivity index (χ3n) is 3.27. The number of carbonyl (C=O) groups excluding carboxylic acids is 2. The molecule has 0 aliphatic carbocycles. The standard InChI is InChI=1S/C15H21N3O2/c1-11(2)16-14(19)13-9-6-10-18(13)15(20)17-12-7-4-3-5-8-12/h3-5,7-8,11,13H,6,9-10H2,1-2H3,(H,16,19)(H,17,20). The van der Waals surface area contributed by atoms with Crippen molar-refractivity contribution in [1.82, 2.24) is 10.2 Å². The smallest absolute Gasteiger partial charge is 0.322 e. The van der Waals surface area contributed by atoms with Crippen LogP contribution < -0.4 is 10.6 Å². The molecule has 3 amide bonds. The van der Waals surface area contributed by atoms with Crippen LogP contribution in [0.1, 0.15) is 26.7 Å². The second-order valence-corrected chi connectivity index (χ2v) is 5.31. The highest BCUT2D eigenvalue weighted by molar-refractivity contribution is 5.94. The van der Waals surface area contributed by atoms with Crippen molar-refractivity contribution >= 4 is 17.6 Å². The molecule has 1 atom stereocenters. The average molecular weight is 275 g/mol. The molecule has 2 rings (SSSR count). The molecule has 20 heavy (non-hydrogen) atoms. The van der Waals surface area contributed by atoms with Crippen LogP contribution in [0.25, 0.3) is 0 Å². The van der Waals surface area contributed by atoms with Gasteiger partial charge < -0.3 is 15.5 Å². The predicted molar refractivity (Wildman–Crippen MR) is 78.5 cm³/mol. The first-order chi connectivity index (χ1) is 9.58. The number of hydrogen-bond acceptors (Lipinski definition) is 2. The summed E-state index contributed by atoms with van der Waals surface area (Å²) in [6, 6.07) is 8.80. The Morgan fingerprint density at radius 3 is 2.60 bits per heavy atom. The summed E-state index contributed by atoms with van der Waals surface area (Å²) in [5.74, 6) is -0.0688. The summed E-state index contributed by atoms with van der Waals surface area (Å²) in [5.41, 5.74) is 0.743. The maximum atomic E-state index is 12.3. The number of rotatable bonds is 3. The molecule has 0 radical (unpaired) electrons. The molecular weight excluding hydrogens is 254 g/mol. The highest BCUT2D eigenvalue weighted by atomic mass is 16.2. The Kier molecular flexibility index (Phi) is 4.61. The molecule has 1 aliphatic heterocycles. The van der Waals surface area contributed by atoms with E-state index in [1.54, 1.807) is 4.90 Å². The van der Waals surface area contributed by atoms with E-state index in [9.17, 15) is 9.59 Å². The highest BCUT2D eigenvalue weighted by Crippen LogP contribution is 2.19. The largest absolute Gasteiger partial charge is 0.352 e. The first kappa shape index (κ1) is 14.4. The van der Waals surface area contributed by atoms with Crippen LogP contribution >= 0.6 is 0 Å². The zero-order valence-electron chi connectivity index (χ0n) is 11.9. The minimum atomic E-state index is -0.360. The van der Waals surface area contributed by atoms with E-state index >= 15 is 0 Å². The van der Waals surface area contributed by atoms with E-state index in [1.165, 1.54) is 0 Å². The Labute approximate surface area is 119 Å². The van der Waals surface area contributed by atoms with Gasteiger partial charge in [0.05, 0.1) is 0 Å². The van der Waals surface area contributed by atoms with Gasteiger partial charge in [0.1, 0.15) is 6.04 Å². The van der Waals surface area contributed by atoms with Gasteiger partial charge in [-0.3, -0.25) is 4.79 Å². The summed E-state index contributed by atoms with van der Waals surface area (Å²) >= 11 is 0. The van der Waals surface area contributed by atoms with Crippen molar-refractivity contribution < 1.29 is 9.59 Å². The minimum Gasteiger partial charge on any atom is -0.352 e. The maximum absolute atomic E-state index is 12.3. The maximum Gasteiger partial charge on any atom is 0.322 e. The van der Waals surface area contributed by atoms with Gasteiger partial charge in [0.25, 0.3) is 0 Å².